The van der Waals surface area contributed by atoms with Gasteiger partial charge in [0.15, 0.2) is 5.76 Å². The van der Waals surface area contributed by atoms with Crippen LogP contribution in [0.4, 0.5) is 4.39 Å². The molecule has 3 rings (SSSR count). The van der Waals surface area contributed by atoms with Crippen molar-refractivity contribution < 1.29 is 13.9 Å². The topological polar surface area (TPSA) is 64.1 Å². The Morgan fingerprint density at radius 1 is 1.21 bits per heavy atom. The fourth-order valence-electron chi connectivity index (χ4n) is 1.84. The first-order valence-electron chi connectivity index (χ1n) is 5.65. The Hall–Kier alpha value is -2.47. The van der Waals surface area contributed by atoms with E-state index in [0.29, 0.717) is 22.8 Å². The van der Waals surface area contributed by atoms with Gasteiger partial charge >= 0.3 is 0 Å². The van der Waals surface area contributed by atoms with Gasteiger partial charge in [-0.3, -0.25) is 0 Å². The minimum absolute atomic E-state index is 0.253. The molecule has 0 aliphatic heterocycles. The van der Waals surface area contributed by atoms with Gasteiger partial charge in [-0.15, -0.1) is 5.10 Å². The first-order chi connectivity index (χ1) is 9.29. The maximum absolute atomic E-state index is 12.9. The van der Waals surface area contributed by atoms with E-state index in [1.807, 2.05) is 0 Å². The summed E-state index contributed by atoms with van der Waals surface area (Å²) in [6.45, 7) is -0.253. The maximum atomic E-state index is 12.9. The van der Waals surface area contributed by atoms with Crippen LogP contribution in [-0.4, -0.2) is 20.1 Å². The van der Waals surface area contributed by atoms with Crippen LogP contribution < -0.4 is 0 Å². The quantitative estimate of drug-likeness (QED) is 0.782. The second-order valence-electron chi connectivity index (χ2n) is 3.91. The van der Waals surface area contributed by atoms with Gasteiger partial charge in [0.25, 0.3) is 0 Å². The molecule has 0 saturated carbocycles. The molecule has 2 aromatic heterocycles. The molecule has 3 aromatic rings. The van der Waals surface area contributed by atoms with Gasteiger partial charge in [0.1, 0.15) is 17.2 Å². The summed E-state index contributed by atoms with van der Waals surface area (Å²) in [6, 6.07) is 9.31. The van der Waals surface area contributed by atoms with Crippen LogP contribution in [0.5, 0.6) is 0 Å². The fraction of sp³-hybridized carbons (Fsp3) is 0.0769. The van der Waals surface area contributed by atoms with Crippen LogP contribution in [0.1, 0.15) is 5.69 Å². The van der Waals surface area contributed by atoms with E-state index in [2.05, 4.69) is 10.3 Å². The first kappa shape index (κ1) is 11.6. The second-order valence-corrected chi connectivity index (χ2v) is 3.91. The van der Waals surface area contributed by atoms with Gasteiger partial charge in [-0.2, -0.15) is 0 Å². The average molecular weight is 259 g/mol. The highest BCUT2D eigenvalue weighted by molar-refractivity contribution is 5.58. The fourth-order valence-corrected chi connectivity index (χ4v) is 1.84. The number of rotatable bonds is 3. The Kier molecular flexibility index (Phi) is 2.85. The number of hydrogen-bond acceptors (Lipinski definition) is 4. The summed E-state index contributed by atoms with van der Waals surface area (Å²) < 4.78 is 19.8. The highest BCUT2D eigenvalue weighted by atomic mass is 19.1. The SMILES string of the molecule is OCc1nnn(-c2ccc(F)cc2)c1-c1ccco1. The van der Waals surface area contributed by atoms with Crippen LogP contribution in [-0.2, 0) is 6.61 Å². The number of benzene rings is 1. The molecule has 0 atom stereocenters. The number of aliphatic hydroxyl groups is 1. The lowest BCUT2D eigenvalue weighted by atomic mass is 10.2. The lowest BCUT2D eigenvalue weighted by Crippen LogP contribution is -1.99. The molecular weight excluding hydrogens is 249 g/mol. The van der Waals surface area contributed by atoms with Gasteiger partial charge in [0.05, 0.1) is 18.6 Å². The van der Waals surface area contributed by atoms with E-state index in [1.54, 1.807) is 24.3 Å². The number of hydrogen-bond donors (Lipinski definition) is 1. The van der Waals surface area contributed by atoms with E-state index in [1.165, 1.54) is 23.1 Å². The predicted molar refractivity (Wildman–Crippen MR) is 64.9 cm³/mol. The third-order valence-corrected chi connectivity index (χ3v) is 2.72. The Morgan fingerprint density at radius 3 is 2.63 bits per heavy atom. The normalized spacial score (nSPS) is 10.8. The van der Waals surface area contributed by atoms with Gasteiger partial charge in [0.2, 0.25) is 0 Å². The summed E-state index contributed by atoms with van der Waals surface area (Å²) in [5.74, 6) is 0.212. The van der Waals surface area contributed by atoms with Crippen LogP contribution in [0.3, 0.4) is 0 Å². The van der Waals surface area contributed by atoms with Crippen molar-refractivity contribution in [2.75, 3.05) is 0 Å². The highest BCUT2D eigenvalue weighted by Gasteiger charge is 2.17. The summed E-state index contributed by atoms with van der Waals surface area (Å²) in [4.78, 5) is 0. The molecule has 0 unspecified atom stereocenters. The molecule has 2 heterocycles. The van der Waals surface area contributed by atoms with Crippen molar-refractivity contribution in [1.82, 2.24) is 15.0 Å². The van der Waals surface area contributed by atoms with E-state index < -0.39 is 0 Å². The van der Waals surface area contributed by atoms with E-state index in [-0.39, 0.29) is 12.4 Å². The molecular formula is C13H10FN3O2. The minimum Gasteiger partial charge on any atom is -0.463 e. The van der Waals surface area contributed by atoms with Crippen molar-refractivity contribution in [1.29, 1.82) is 0 Å². The third-order valence-electron chi connectivity index (χ3n) is 2.72. The molecule has 0 fully saturated rings. The second kappa shape index (κ2) is 4.66. The number of aliphatic hydroxyl groups excluding tert-OH is 1. The summed E-state index contributed by atoms with van der Waals surface area (Å²) in [6.07, 6.45) is 1.53. The Balaban J connectivity index is 2.17. The van der Waals surface area contributed by atoms with Gasteiger partial charge < -0.3 is 9.52 Å². The van der Waals surface area contributed by atoms with Crippen LogP contribution in [0, 0.1) is 5.82 Å². The molecule has 1 N–H and O–H groups in total. The number of furan rings is 1. The van der Waals surface area contributed by atoms with Crippen LogP contribution in [0.25, 0.3) is 17.1 Å². The summed E-state index contributed by atoms with van der Waals surface area (Å²) in [5, 5.41) is 17.2. The standard InChI is InChI=1S/C13H10FN3O2/c14-9-3-5-10(6-4-9)17-13(11(8-18)15-16-17)12-2-1-7-19-12/h1-7,18H,8H2. The third kappa shape index (κ3) is 2.02. The molecule has 0 spiro atoms. The van der Waals surface area contributed by atoms with Crippen molar-refractivity contribution in [3.63, 3.8) is 0 Å². The molecule has 0 bridgehead atoms. The molecule has 0 radical (unpaired) electrons. The lowest BCUT2D eigenvalue weighted by molar-refractivity contribution is 0.277. The monoisotopic (exact) mass is 259 g/mol. The molecule has 0 saturated heterocycles. The van der Waals surface area contributed by atoms with Crippen LogP contribution >= 0.6 is 0 Å². The summed E-state index contributed by atoms with van der Waals surface area (Å²) >= 11 is 0. The maximum Gasteiger partial charge on any atom is 0.154 e. The highest BCUT2D eigenvalue weighted by Crippen LogP contribution is 2.25. The zero-order chi connectivity index (χ0) is 13.2. The molecule has 5 nitrogen and oxygen atoms in total. The molecule has 1 aromatic carbocycles. The Morgan fingerprint density at radius 2 is 2.00 bits per heavy atom. The van der Waals surface area contributed by atoms with E-state index in [4.69, 9.17) is 4.42 Å². The summed E-state index contributed by atoms with van der Waals surface area (Å²) in [7, 11) is 0. The first-order valence-corrected chi connectivity index (χ1v) is 5.65. The van der Waals surface area contributed by atoms with Crippen molar-refractivity contribution in [3.05, 3.63) is 54.2 Å². The molecule has 0 aliphatic rings. The van der Waals surface area contributed by atoms with Gasteiger partial charge in [0, 0.05) is 0 Å². The molecule has 19 heavy (non-hydrogen) atoms. The van der Waals surface area contributed by atoms with Crippen molar-refractivity contribution in [3.8, 4) is 17.1 Å². The molecule has 6 heteroatoms. The van der Waals surface area contributed by atoms with Gasteiger partial charge in [-0.25, -0.2) is 9.07 Å². The van der Waals surface area contributed by atoms with E-state index >= 15 is 0 Å². The van der Waals surface area contributed by atoms with Crippen LogP contribution in [0.2, 0.25) is 0 Å². The largest absolute Gasteiger partial charge is 0.463 e. The van der Waals surface area contributed by atoms with Crippen LogP contribution in [0.15, 0.2) is 47.1 Å². The Labute approximate surface area is 107 Å². The lowest BCUT2D eigenvalue weighted by Gasteiger charge is -2.05. The number of aromatic nitrogens is 3. The van der Waals surface area contributed by atoms with Crippen molar-refractivity contribution in [2.45, 2.75) is 6.61 Å². The minimum atomic E-state index is -0.328. The van der Waals surface area contributed by atoms with Crippen molar-refractivity contribution >= 4 is 0 Å². The van der Waals surface area contributed by atoms with E-state index in [0.717, 1.165) is 0 Å². The number of halogens is 1. The van der Waals surface area contributed by atoms with Crippen molar-refractivity contribution in [2.24, 2.45) is 0 Å². The predicted octanol–water partition coefficient (Wildman–Crippen LogP) is 2.16. The smallest absolute Gasteiger partial charge is 0.154 e. The Bertz CT molecular complexity index is 674. The molecule has 0 aliphatic carbocycles. The average Bonchev–Trinajstić information content (AvgIpc) is 3.07. The molecule has 96 valence electrons. The number of nitrogens with zero attached hydrogens (tertiary/aromatic N) is 3. The van der Waals surface area contributed by atoms with Gasteiger partial charge in [-0.05, 0) is 36.4 Å². The zero-order valence-electron chi connectivity index (χ0n) is 9.82. The van der Waals surface area contributed by atoms with Gasteiger partial charge in [-0.1, -0.05) is 5.21 Å². The zero-order valence-corrected chi connectivity index (χ0v) is 9.82. The van der Waals surface area contributed by atoms with E-state index in [9.17, 15) is 9.50 Å². The molecule has 0 amide bonds. The summed E-state index contributed by atoms with van der Waals surface area (Å²) in [5.41, 5.74) is 1.60.